The molecule has 0 radical (unpaired) electrons. The Kier molecular flexibility index (Phi) is 8.98. The average Bonchev–Trinajstić information content (AvgIpc) is 2.39. The zero-order valence-electron chi connectivity index (χ0n) is 11.6. The molecule has 1 fully saturated rings. The maximum absolute atomic E-state index is 5.69. The van der Waals surface area contributed by atoms with Gasteiger partial charge in [-0.1, -0.05) is 45.9 Å². The van der Waals surface area contributed by atoms with Crippen molar-refractivity contribution in [2.45, 2.75) is 52.2 Å². The summed E-state index contributed by atoms with van der Waals surface area (Å²) in [6.07, 6.45) is 10.3. The Morgan fingerprint density at radius 2 is 2.11 bits per heavy atom. The fraction of sp³-hybridized carbons (Fsp3) is 0.733. The Labute approximate surface area is 125 Å². The molecule has 104 valence electrons. The van der Waals surface area contributed by atoms with E-state index in [0.717, 1.165) is 30.3 Å². The molecular formula is C15H25IO2. The van der Waals surface area contributed by atoms with Crippen molar-refractivity contribution in [2.24, 2.45) is 0 Å². The van der Waals surface area contributed by atoms with Gasteiger partial charge < -0.3 is 9.47 Å². The van der Waals surface area contributed by atoms with E-state index in [1.165, 1.54) is 24.0 Å². The van der Waals surface area contributed by atoms with Gasteiger partial charge in [0.25, 0.3) is 0 Å². The highest BCUT2D eigenvalue weighted by Crippen LogP contribution is 2.14. The molecule has 1 rings (SSSR count). The number of allylic oxidation sites excluding steroid dienone is 3. The van der Waals surface area contributed by atoms with E-state index in [0.29, 0.717) is 6.61 Å². The van der Waals surface area contributed by atoms with Crippen molar-refractivity contribution in [3.63, 3.8) is 0 Å². The predicted molar refractivity (Wildman–Crippen MR) is 85.2 cm³/mol. The Balaban J connectivity index is 2.12. The lowest BCUT2D eigenvalue weighted by molar-refractivity contribution is -0.155. The highest BCUT2D eigenvalue weighted by molar-refractivity contribution is 14.1. The summed E-state index contributed by atoms with van der Waals surface area (Å²) in [6, 6.07) is 0. The van der Waals surface area contributed by atoms with E-state index in [9.17, 15) is 0 Å². The number of ether oxygens (including phenoxy) is 2. The molecule has 0 saturated carbocycles. The standard InChI is InChI=1S/C15H25IO2/c1-13(6-5-7-14(2)12-16)9-11-18-15-8-3-4-10-17-15/h7,9,15H,3-6,8,10-12H2,1-2H3/b13-9+,14-7+. The number of alkyl halides is 1. The van der Waals surface area contributed by atoms with Gasteiger partial charge in [-0.25, -0.2) is 0 Å². The van der Waals surface area contributed by atoms with E-state index in [4.69, 9.17) is 9.47 Å². The third-order valence-electron chi connectivity index (χ3n) is 3.09. The smallest absolute Gasteiger partial charge is 0.157 e. The quantitative estimate of drug-likeness (QED) is 0.372. The summed E-state index contributed by atoms with van der Waals surface area (Å²) in [4.78, 5) is 0. The van der Waals surface area contributed by atoms with E-state index in [1.54, 1.807) is 0 Å². The van der Waals surface area contributed by atoms with Crippen LogP contribution in [-0.2, 0) is 9.47 Å². The molecule has 0 bridgehead atoms. The van der Waals surface area contributed by atoms with Crippen LogP contribution in [0.3, 0.4) is 0 Å². The van der Waals surface area contributed by atoms with Gasteiger partial charge in [-0.05, 0) is 46.0 Å². The first kappa shape index (κ1) is 16.2. The SMILES string of the molecule is C/C(=C\CC/C(C)=C/COC1CCCCO1)CI. The molecule has 2 nitrogen and oxygen atoms in total. The monoisotopic (exact) mass is 364 g/mol. The van der Waals surface area contributed by atoms with Crippen LogP contribution in [0.1, 0.15) is 46.0 Å². The highest BCUT2D eigenvalue weighted by Gasteiger charge is 2.12. The highest BCUT2D eigenvalue weighted by atomic mass is 127. The molecular weight excluding hydrogens is 339 g/mol. The number of halogens is 1. The van der Waals surface area contributed by atoms with Gasteiger partial charge in [0.1, 0.15) is 0 Å². The first-order chi connectivity index (χ1) is 8.72. The van der Waals surface area contributed by atoms with Gasteiger partial charge in [-0.15, -0.1) is 0 Å². The molecule has 1 aliphatic heterocycles. The van der Waals surface area contributed by atoms with Crippen LogP contribution in [0.4, 0.5) is 0 Å². The molecule has 0 N–H and O–H groups in total. The van der Waals surface area contributed by atoms with Gasteiger partial charge in [0.05, 0.1) is 6.61 Å². The molecule has 1 heterocycles. The maximum Gasteiger partial charge on any atom is 0.157 e. The van der Waals surface area contributed by atoms with Crippen molar-refractivity contribution in [3.05, 3.63) is 23.3 Å². The zero-order chi connectivity index (χ0) is 13.2. The lowest BCUT2D eigenvalue weighted by Gasteiger charge is -2.22. The van der Waals surface area contributed by atoms with Crippen molar-refractivity contribution in [1.29, 1.82) is 0 Å². The minimum Gasteiger partial charge on any atom is -0.353 e. The van der Waals surface area contributed by atoms with Gasteiger partial charge in [0, 0.05) is 11.0 Å². The van der Waals surface area contributed by atoms with Gasteiger partial charge in [-0.3, -0.25) is 0 Å². The number of hydrogen-bond donors (Lipinski definition) is 0. The number of hydrogen-bond acceptors (Lipinski definition) is 2. The van der Waals surface area contributed by atoms with Crippen molar-refractivity contribution >= 4 is 22.6 Å². The van der Waals surface area contributed by atoms with Crippen LogP contribution in [0.15, 0.2) is 23.3 Å². The van der Waals surface area contributed by atoms with Gasteiger partial charge in [-0.2, -0.15) is 0 Å². The molecule has 1 saturated heterocycles. The summed E-state index contributed by atoms with van der Waals surface area (Å²) in [7, 11) is 0. The van der Waals surface area contributed by atoms with Crippen LogP contribution >= 0.6 is 22.6 Å². The topological polar surface area (TPSA) is 18.5 Å². The van der Waals surface area contributed by atoms with Crippen molar-refractivity contribution < 1.29 is 9.47 Å². The molecule has 3 heteroatoms. The molecule has 0 aliphatic carbocycles. The largest absolute Gasteiger partial charge is 0.353 e. The van der Waals surface area contributed by atoms with E-state index in [2.05, 4.69) is 48.6 Å². The molecule has 18 heavy (non-hydrogen) atoms. The second-order valence-electron chi connectivity index (χ2n) is 4.90. The molecule has 1 unspecified atom stereocenters. The fourth-order valence-electron chi connectivity index (χ4n) is 1.84. The zero-order valence-corrected chi connectivity index (χ0v) is 13.7. The second-order valence-corrected chi connectivity index (χ2v) is 5.67. The van der Waals surface area contributed by atoms with Gasteiger partial charge in [0.2, 0.25) is 0 Å². The molecule has 0 aromatic rings. The lowest BCUT2D eigenvalue weighted by Crippen LogP contribution is -2.22. The predicted octanol–water partition coefficient (Wildman–Crippen LogP) is 4.64. The molecule has 0 spiro atoms. The lowest BCUT2D eigenvalue weighted by atomic mass is 10.1. The Bertz CT molecular complexity index is 278. The molecule has 1 aliphatic rings. The fourth-order valence-corrected chi connectivity index (χ4v) is 2.15. The number of rotatable bonds is 7. The third-order valence-corrected chi connectivity index (χ3v) is 4.30. The maximum atomic E-state index is 5.69. The van der Waals surface area contributed by atoms with Crippen molar-refractivity contribution in [2.75, 3.05) is 17.6 Å². The van der Waals surface area contributed by atoms with Crippen LogP contribution in [0, 0.1) is 0 Å². The van der Waals surface area contributed by atoms with Crippen LogP contribution in [0.2, 0.25) is 0 Å². The third kappa shape index (κ3) is 7.54. The molecule has 0 aromatic heterocycles. The average molecular weight is 364 g/mol. The van der Waals surface area contributed by atoms with Gasteiger partial charge >= 0.3 is 0 Å². The molecule has 1 atom stereocenters. The first-order valence-corrected chi connectivity index (χ1v) is 8.35. The Hall–Kier alpha value is 0.130. The van der Waals surface area contributed by atoms with E-state index in [1.807, 2.05) is 0 Å². The van der Waals surface area contributed by atoms with Crippen LogP contribution in [-0.4, -0.2) is 23.9 Å². The molecule has 0 aromatic carbocycles. The summed E-state index contributed by atoms with van der Waals surface area (Å²) < 4.78 is 12.3. The van der Waals surface area contributed by atoms with Crippen molar-refractivity contribution in [1.82, 2.24) is 0 Å². The Morgan fingerprint density at radius 3 is 2.78 bits per heavy atom. The first-order valence-electron chi connectivity index (χ1n) is 6.83. The summed E-state index contributed by atoms with van der Waals surface area (Å²) in [5.74, 6) is 0. The van der Waals surface area contributed by atoms with Gasteiger partial charge in [0.15, 0.2) is 6.29 Å². The molecule has 0 amide bonds. The normalized spacial score (nSPS) is 22.3. The minimum atomic E-state index is 0.0314. The summed E-state index contributed by atoms with van der Waals surface area (Å²) in [6.45, 7) is 5.91. The van der Waals surface area contributed by atoms with E-state index < -0.39 is 0 Å². The van der Waals surface area contributed by atoms with Crippen LogP contribution in [0.5, 0.6) is 0 Å². The summed E-state index contributed by atoms with van der Waals surface area (Å²) >= 11 is 2.40. The Morgan fingerprint density at radius 1 is 1.28 bits per heavy atom. The summed E-state index contributed by atoms with van der Waals surface area (Å²) in [5.41, 5.74) is 2.87. The van der Waals surface area contributed by atoms with Crippen molar-refractivity contribution in [3.8, 4) is 0 Å². The minimum absolute atomic E-state index is 0.0314. The van der Waals surface area contributed by atoms with E-state index >= 15 is 0 Å². The van der Waals surface area contributed by atoms with Crippen LogP contribution in [0.25, 0.3) is 0 Å². The summed E-state index contributed by atoms with van der Waals surface area (Å²) in [5, 5.41) is 0. The second kappa shape index (κ2) is 9.98. The van der Waals surface area contributed by atoms with E-state index in [-0.39, 0.29) is 6.29 Å². The van der Waals surface area contributed by atoms with Crippen LogP contribution < -0.4 is 0 Å².